The maximum atomic E-state index is 12.4. The number of carbonyl (C=O) groups excluding carboxylic acids is 3. The molecule has 0 heterocycles. The van der Waals surface area contributed by atoms with Crippen LogP contribution in [0.25, 0.3) is 0 Å². The second kappa shape index (κ2) is 9.73. The lowest BCUT2D eigenvalue weighted by Crippen LogP contribution is -2.39. The van der Waals surface area contributed by atoms with E-state index in [1.807, 2.05) is 31.2 Å². The molecular weight excluding hydrogens is 370 g/mol. The summed E-state index contributed by atoms with van der Waals surface area (Å²) in [4.78, 5) is 35.9. The number of rotatable bonds is 6. The Hall–Kier alpha value is -3.35. The van der Waals surface area contributed by atoms with Gasteiger partial charge in [-0.25, -0.2) is 4.79 Å². The van der Waals surface area contributed by atoms with Crippen molar-refractivity contribution in [1.82, 2.24) is 10.6 Å². The van der Waals surface area contributed by atoms with Gasteiger partial charge >= 0.3 is 6.09 Å². The largest absolute Gasteiger partial charge is 0.444 e. The minimum absolute atomic E-state index is 0.182. The van der Waals surface area contributed by atoms with E-state index in [1.165, 1.54) is 0 Å². The standard InChI is InChI=1S/C22H27N3O4/c1-15-8-5-6-11-18(15)20(27)25-17-10-7-9-16(12-17)13-23-19(26)14-24-21(28)29-22(2,3)4/h5-12H,13-14H2,1-4H3,(H,23,26)(H,24,28)(H,25,27). The van der Waals surface area contributed by atoms with Crippen LogP contribution in [0, 0.1) is 6.92 Å². The Morgan fingerprint density at radius 1 is 0.966 bits per heavy atom. The molecule has 0 unspecified atom stereocenters. The molecule has 0 saturated carbocycles. The van der Waals surface area contributed by atoms with Crippen molar-refractivity contribution in [3.8, 4) is 0 Å². The van der Waals surface area contributed by atoms with Crippen LogP contribution in [-0.2, 0) is 16.1 Å². The Balaban J connectivity index is 1.85. The molecule has 7 heteroatoms. The number of carbonyl (C=O) groups is 3. The quantitative estimate of drug-likeness (QED) is 0.696. The van der Waals surface area contributed by atoms with Gasteiger partial charge in [0.05, 0.1) is 0 Å². The lowest BCUT2D eigenvalue weighted by atomic mass is 10.1. The summed E-state index contributed by atoms with van der Waals surface area (Å²) in [6, 6.07) is 14.6. The highest BCUT2D eigenvalue weighted by Crippen LogP contribution is 2.14. The third kappa shape index (κ3) is 7.65. The fraction of sp³-hybridized carbons (Fsp3) is 0.318. The molecule has 0 fully saturated rings. The molecule has 0 aliphatic carbocycles. The second-order valence-electron chi connectivity index (χ2n) is 7.60. The number of hydrogen-bond donors (Lipinski definition) is 3. The van der Waals surface area contributed by atoms with Crippen LogP contribution in [0.5, 0.6) is 0 Å². The van der Waals surface area contributed by atoms with Crippen molar-refractivity contribution in [3.05, 3.63) is 65.2 Å². The summed E-state index contributed by atoms with van der Waals surface area (Å²) in [5.74, 6) is -0.531. The number of anilines is 1. The van der Waals surface area contributed by atoms with Gasteiger partial charge in [0.25, 0.3) is 5.91 Å². The van der Waals surface area contributed by atoms with Gasteiger partial charge in [0, 0.05) is 17.8 Å². The van der Waals surface area contributed by atoms with Gasteiger partial charge in [0.15, 0.2) is 0 Å². The van der Waals surface area contributed by atoms with E-state index < -0.39 is 11.7 Å². The second-order valence-corrected chi connectivity index (χ2v) is 7.60. The monoisotopic (exact) mass is 397 g/mol. The number of alkyl carbamates (subject to hydrolysis) is 1. The van der Waals surface area contributed by atoms with E-state index in [0.717, 1.165) is 11.1 Å². The Labute approximate surface area is 170 Å². The smallest absolute Gasteiger partial charge is 0.408 e. The molecule has 0 atom stereocenters. The van der Waals surface area contributed by atoms with E-state index in [2.05, 4.69) is 16.0 Å². The van der Waals surface area contributed by atoms with Gasteiger partial charge in [-0.15, -0.1) is 0 Å². The van der Waals surface area contributed by atoms with Gasteiger partial charge in [-0.3, -0.25) is 9.59 Å². The SMILES string of the molecule is Cc1ccccc1C(=O)Nc1cccc(CNC(=O)CNC(=O)OC(C)(C)C)c1. The lowest BCUT2D eigenvalue weighted by Gasteiger charge is -2.19. The molecule has 29 heavy (non-hydrogen) atoms. The predicted octanol–water partition coefficient (Wildman–Crippen LogP) is 3.39. The Morgan fingerprint density at radius 3 is 2.38 bits per heavy atom. The highest BCUT2D eigenvalue weighted by molar-refractivity contribution is 6.05. The van der Waals surface area contributed by atoms with Crippen molar-refractivity contribution in [2.45, 2.75) is 39.8 Å². The minimum Gasteiger partial charge on any atom is -0.444 e. The maximum Gasteiger partial charge on any atom is 0.408 e. The summed E-state index contributed by atoms with van der Waals surface area (Å²) in [6.45, 7) is 7.21. The molecule has 3 N–H and O–H groups in total. The molecule has 0 aliphatic rings. The van der Waals surface area contributed by atoms with Crippen LogP contribution < -0.4 is 16.0 Å². The zero-order chi connectivity index (χ0) is 21.4. The fourth-order valence-electron chi connectivity index (χ4n) is 2.51. The molecule has 0 aliphatic heterocycles. The molecule has 0 spiro atoms. The summed E-state index contributed by atoms with van der Waals surface area (Å²) < 4.78 is 5.08. The molecule has 0 bridgehead atoms. The summed E-state index contributed by atoms with van der Waals surface area (Å²) in [5.41, 5.74) is 2.34. The van der Waals surface area contributed by atoms with Crippen LogP contribution in [0.1, 0.15) is 42.3 Å². The third-order valence-corrected chi connectivity index (χ3v) is 3.86. The van der Waals surface area contributed by atoms with E-state index in [1.54, 1.807) is 45.0 Å². The van der Waals surface area contributed by atoms with Gasteiger partial charge in [0.2, 0.25) is 5.91 Å². The molecular formula is C22H27N3O4. The molecule has 0 radical (unpaired) electrons. The van der Waals surface area contributed by atoms with Gasteiger partial charge in [-0.2, -0.15) is 0 Å². The van der Waals surface area contributed by atoms with Gasteiger partial charge in [-0.1, -0.05) is 30.3 Å². The summed E-state index contributed by atoms with van der Waals surface area (Å²) in [6.07, 6.45) is -0.645. The highest BCUT2D eigenvalue weighted by Gasteiger charge is 2.16. The average Bonchev–Trinajstić information content (AvgIpc) is 2.64. The van der Waals surface area contributed by atoms with Crippen molar-refractivity contribution in [3.63, 3.8) is 0 Å². The molecule has 3 amide bonds. The van der Waals surface area contributed by atoms with Crippen molar-refractivity contribution >= 4 is 23.6 Å². The number of aryl methyl sites for hydroxylation is 1. The first-order valence-electron chi connectivity index (χ1n) is 9.33. The number of hydrogen-bond acceptors (Lipinski definition) is 4. The minimum atomic E-state index is -0.645. The molecule has 2 rings (SSSR count). The van der Waals surface area contributed by atoms with Crippen molar-refractivity contribution in [2.75, 3.05) is 11.9 Å². The summed E-state index contributed by atoms with van der Waals surface area (Å²) >= 11 is 0. The van der Waals surface area contributed by atoms with Crippen LogP contribution >= 0.6 is 0 Å². The molecule has 7 nitrogen and oxygen atoms in total. The zero-order valence-electron chi connectivity index (χ0n) is 17.2. The fourth-order valence-corrected chi connectivity index (χ4v) is 2.51. The first-order valence-corrected chi connectivity index (χ1v) is 9.33. The number of benzene rings is 2. The Kier molecular flexibility index (Phi) is 7.36. The van der Waals surface area contributed by atoms with Crippen LogP contribution in [0.15, 0.2) is 48.5 Å². The Bertz CT molecular complexity index is 888. The van der Waals surface area contributed by atoms with Gasteiger partial charge in [-0.05, 0) is 57.0 Å². The van der Waals surface area contributed by atoms with Crippen molar-refractivity contribution in [2.24, 2.45) is 0 Å². The third-order valence-electron chi connectivity index (χ3n) is 3.86. The molecule has 154 valence electrons. The lowest BCUT2D eigenvalue weighted by molar-refractivity contribution is -0.120. The Morgan fingerprint density at radius 2 is 1.69 bits per heavy atom. The number of amides is 3. The van der Waals surface area contributed by atoms with Crippen molar-refractivity contribution in [1.29, 1.82) is 0 Å². The predicted molar refractivity (Wildman–Crippen MR) is 112 cm³/mol. The number of nitrogens with one attached hydrogen (secondary N) is 3. The van der Waals surface area contributed by atoms with Crippen LogP contribution in [0.4, 0.5) is 10.5 Å². The van der Waals surface area contributed by atoms with Crippen LogP contribution in [0.2, 0.25) is 0 Å². The van der Waals surface area contributed by atoms with E-state index in [4.69, 9.17) is 4.74 Å². The molecule has 0 saturated heterocycles. The number of ether oxygens (including phenoxy) is 1. The normalized spacial score (nSPS) is 10.8. The average molecular weight is 397 g/mol. The van der Waals surface area contributed by atoms with E-state index in [9.17, 15) is 14.4 Å². The van der Waals surface area contributed by atoms with Gasteiger partial charge < -0.3 is 20.7 Å². The molecule has 2 aromatic rings. The molecule has 0 aromatic heterocycles. The first kappa shape index (κ1) is 21.9. The van der Waals surface area contributed by atoms with Gasteiger partial charge in [0.1, 0.15) is 12.1 Å². The molecule has 2 aromatic carbocycles. The van der Waals surface area contributed by atoms with Crippen molar-refractivity contribution < 1.29 is 19.1 Å². The summed E-state index contributed by atoms with van der Waals surface area (Å²) in [7, 11) is 0. The van der Waals surface area contributed by atoms with E-state index in [-0.39, 0.29) is 24.9 Å². The van der Waals surface area contributed by atoms with Crippen LogP contribution in [-0.4, -0.2) is 30.1 Å². The highest BCUT2D eigenvalue weighted by atomic mass is 16.6. The zero-order valence-corrected chi connectivity index (χ0v) is 17.2. The first-order chi connectivity index (χ1) is 13.6. The van der Waals surface area contributed by atoms with Crippen LogP contribution in [0.3, 0.4) is 0 Å². The maximum absolute atomic E-state index is 12.4. The van der Waals surface area contributed by atoms with E-state index in [0.29, 0.717) is 11.3 Å². The van der Waals surface area contributed by atoms with E-state index >= 15 is 0 Å². The summed E-state index contributed by atoms with van der Waals surface area (Å²) in [5, 5.41) is 7.99. The topological polar surface area (TPSA) is 96.5 Å².